The van der Waals surface area contributed by atoms with Crippen LogP contribution in [0.1, 0.15) is 12.8 Å². The number of nitrogens with zero attached hydrogens (tertiary/aromatic N) is 2. The molecule has 3 rings (SSSR count). The van der Waals surface area contributed by atoms with Crippen molar-refractivity contribution in [2.45, 2.75) is 18.9 Å². The fourth-order valence-electron chi connectivity index (χ4n) is 2.29. The lowest BCUT2D eigenvalue weighted by molar-refractivity contribution is 0.673. The van der Waals surface area contributed by atoms with Gasteiger partial charge in [-0.3, -0.25) is 0 Å². The molecular weight excluding hydrogens is 302 g/mol. The first-order chi connectivity index (χ1) is 9.25. The third-order valence-corrected chi connectivity index (χ3v) is 4.24. The number of hydrogen-bond donors (Lipinski definition) is 1. The molecule has 0 amide bonds. The summed E-state index contributed by atoms with van der Waals surface area (Å²) in [6.07, 6.45) is 4.56. The Labute approximate surface area is 122 Å². The second-order valence-corrected chi connectivity index (χ2v) is 5.97. The van der Waals surface area contributed by atoms with Crippen LogP contribution in [0.4, 0.5) is 5.82 Å². The zero-order valence-corrected chi connectivity index (χ0v) is 12.7. The minimum atomic E-state index is 0.767. The minimum Gasteiger partial charge on any atom is -0.358 e. The van der Waals surface area contributed by atoms with Gasteiger partial charge >= 0.3 is 0 Å². The molecule has 3 nitrogen and oxygen atoms in total. The van der Waals surface area contributed by atoms with Crippen LogP contribution in [0.25, 0.3) is 10.8 Å². The molecule has 1 aliphatic rings. The molecule has 4 heteroatoms. The molecule has 1 fully saturated rings. The van der Waals surface area contributed by atoms with E-state index < -0.39 is 0 Å². The number of fused-ring (bicyclic) bond motifs is 1. The first-order valence-corrected chi connectivity index (χ1v) is 7.53. The predicted molar refractivity (Wildman–Crippen MR) is 83.7 cm³/mol. The monoisotopic (exact) mass is 319 g/mol. The normalized spacial score (nSPS) is 14.8. The van der Waals surface area contributed by atoms with Gasteiger partial charge in [-0.2, -0.15) is 0 Å². The van der Waals surface area contributed by atoms with Gasteiger partial charge in [-0.15, -0.1) is 0 Å². The van der Waals surface area contributed by atoms with E-state index in [-0.39, 0.29) is 0 Å². The molecule has 100 valence electrons. The summed E-state index contributed by atoms with van der Waals surface area (Å²) in [4.78, 5) is 6.76. The molecule has 1 aromatic heterocycles. The average molecular weight is 320 g/mol. The van der Waals surface area contributed by atoms with Crippen molar-refractivity contribution in [1.29, 1.82) is 0 Å². The maximum absolute atomic E-state index is 4.54. The van der Waals surface area contributed by atoms with Crippen LogP contribution in [0, 0.1) is 0 Å². The van der Waals surface area contributed by atoms with Crippen molar-refractivity contribution in [2.75, 3.05) is 25.0 Å². The molecule has 1 heterocycles. The zero-order chi connectivity index (χ0) is 13.2. The third kappa shape index (κ3) is 2.90. The number of anilines is 1. The molecule has 2 aromatic rings. The maximum Gasteiger partial charge on any atom is 0.136 e. The highest BCUT2D eigenvalue weighted by atomic mass is 79.9. The van der Waals surface area contributed by atoms with E-state index in [9.17, 15) is 0 Å². The maximum atomic E-state index is 4.54. The quantitative estimate of drug-likeness (QED) is 0.917. The first kappa shape index (κ1) is 12.9. The summed E-state index contributed by atoms with van der Waals surface area (Å²) in [7, 11) is 2.11. The van der Waals surface area contributed by atoms with E-state index in [2.05, 4.69) is 62.4 Å². The SMILES string of the molecule is CN(CCNC1CC1)c1nccc2c(Br)cccc12. The number of hydrogen-bond acceptors (Lipinski definition) is 3. The molecule has 0 bridgehead atoms. The van der Waals surface area contributed by atoms with Gasteiger partial charge in [-0.25, -0.2) is 4.98 Å². The lowest BCUT2D eigenvalue weighted by atomic mass is 10.1. The van der Waals surface area contributed by atoms with Crippen molar-refractivity contribution < 1.29 is 0 Å². The van der Waals surface area contributed by atoms with Crippen molar-refractivity contribution in [2.24, 2.45) is 0 Å². The van der Waals surface area contributed by atoms with Crippen LogP contribution >= 0.6 is 15.9 Å². The Morgan fingerprint density at radius 2 is 2.16 bits per heavy atom. The molecule has 0 radical (unpaired) electrons. The van der Waals surface area contributed by atoms with Gasteiger partial charge in [0.2, 0.25) is 0 Å². The summed E-state index contributed by atoms with van der Waals surface area (Å²) in [6.45, 7) is 2.00. The molecule has 0 aliphatic heterocycles. The first-order valence-electron chi connectivity index (χ1n) is 6.73. The largest absolute Gasteiger partial charge is 0.358 e. The van der Waals surface area contributed by atoms with Gasteiger partial charge < -0.3 is 10.2 Å². The van der Waals surface area contributed by atoms with Gasteiger partial charge in [0.05, 0.1) is 0 Å². The second-order valence-electron chi connectivity index (χ2n) is 5.12. The molecule has 0 atom stereocenters. The molecule has 1 saturated carbocycles. The van der Waals surface area contributed by atoms with Crippen LogP contribution < -0.4 is 10.2 Å². The molecule has 0 saturated heterocycles. The van der Waals surface area contributed by atoms with E-state index in [0.29, 0.717) is 0 Å². The molecule has 1 aliphatic carbocycles. The highest BCUT2D eigenvalue weighted by molar-refractivity contribution is 9.10. The third-order valence-electron chi connectivity index (χ3n) is 3.55. The fraction of sp³-hybridized carbons (Fsp3) is 0.400. The number of likely N-dealkylation sites (N-methyl/N-ethyl adjacent to an activating group) is 1. The average Bonchev–Trinajstić information content (AvgIpc) is 3.23. The summed E-state index contributed by atoms with van der Waals surface area (Å²) in [5.41, 5.74) is 0. The summed E-state index contributed by atoms with van der Waals surface area (Å²) in [5.74, 6) is 1.05. The Kier molecular flexibility index (Phi) is 3.71. The van der Waals surface area contributed by atoms with Crippen LogP contribution in [-0.4, -0.2) is 31.2 Å². The van der Waals surface area contributed by atoms with E-state index in [1.807, 2.05) is 6.20 Å². The fourth-order valence-corrected chi connectivity index (χ4v) is 2.79. The number of aromatic nitrogens is 1. The molecule has 0 spiro atoms. The number of pyridine rings is 1. The van der Waals surface area contributed by atoms with Crippen LogP contribution in [0.15, 0.2) is 34.9 Å². The zero-order valence-electron chi connectivity index (χ0n) is 11.1. The van der Waals surface area contributed by atoms with E-state index in [4.69, 9.17) is 0 Å². The van der Waals surface area contributed by atoms with Crippen molar-refractivity contribution in [1.82, 2.24) is 10.3 Å². The summed E-state index contributed by atoms with van der Waals surface area (Å²) in [5, 5.41) is 5.95. The smallest absolute Gasteiger partial charge is 0.136 e. The van der Waals surface area contributed by atoms with E-state index in [1.165, 1.54) is 23.6 Å². The number of halogens is 1. The highest BCUT2D eigenvalue weighted by Gasteiger charge is 2.20. The minimum absolute atomic E-state index is 0.767. The van der Waals surface area contributed by atoms with E-state index >= 15 is 0 Å². The summed E-state index contributed by atoms with van der Waals surface area (Å²) >= 11 is 3.60. The Balaban J connectivity index is 1.80. The number of rotatable bonds is 5. The number of benzene rings is 1. The van der Waals surface area contributed by atoms with Crippen LogP contribution in [0.3, 0.4) is 0 Å². The Morgan fingerprint density at radius 1 is 1.32 bits per heavy atom. The molecule has 19 heavy (non-hydrogen) atoms. The molecule has 0 unspecified atom stereocenters. The molecular formula is C15H18BrN3. The van der Waals surface area contributed by atoms with Crippen molar-refractivity contribution in [3.63, 3.8) is 0 Å². The van der Waals surface area contributed by atoms with Crippen molar-refractivity contribution in [3.05, 3.63) is 34.9 Å². The van der Waals surface area contributed by atoms with Gasteiger partial charge in [0, 0.05) is 47.6 Å². The van der Waals surface area contributed by atoms with Gasteiger partial charge in [0.1, 0.15) is 5.82 Å². The summed E-state index contributed by atoms with van der Waals surface area (Å²) in [6, 6.07) is 9.09. The van der Waals surface area contributed by atoms with Gasteiger partial charge in [-0.05, 0) is 25.0 Å². The van der Waals surface area contributed by atoms with E-state index in [0.717, 1.165) is 29.4 Å². The standard InChI is InChI=1S/C15H18BrN3/c1-19(10-9-17-11-5-6-11)15-13-3-2-4-14(16)12(13)7-8-18-15/h2-4,7-8,11,17H,5-6,9-10H2,1H3. The van der Waals surface area contributed by atoms with Gasteiger partial charge in [-0.1, -0.05) is 28.1 Å². The van der Waals surface area contributed by atoms with Crippen LogP contribution in [0.5, 0.6) is 0 Å². The lowest BCUT2D eigenvalue weighted by Gasteiger charge is -2.20. The predicted octanol–water partition coefficient (Wildman–Crippen LogP) is 3.19. The van der Waals surface area contributed by atoms with Gasteiger partial charge in [0.25, 0.3) is 0 Å². The second kappa shape index (κ2) is 5.47. The van der Waals surface area contributed by atoms with Crippen LogP contribution in [0.2, 0.25) is 0 Å². The Morgan fingerprint density at radius 3 is 2.95 bits per heavy atom. The highest BCUT2D eigenvalue weighted by Crippen LogP contribution is 2.29. The Hall–Kier alpha value is -1.13. The number of nitrogens with one attached hydrogen (secondary N) is 1. The molecule has 1 N–H and O–H groups in total. The van der Waals surface area contributed by atoms with Crippen LogP contribution in [-0.2, 0) is 0 Å². The Bertz CT molecular complexity index is 581. The van der Waals surface area contributed by atoms with Crippen molar-refractivity contribution in [3.8, 4) is 0 Å². The van der Waals surface area contributed by atoms with E-state index in [1.54, 1.807) is 0 Å². The lowest BCUT2D eigenvalue weighted by Crippen LogP contribution is -2.30. The van der Waals surface area contributed by atoms with Gasteiger partial charge in [0.15, 0.2) is 0 Å². The summed E-state index contributed by atoms with van der Waals surface area (Å²) < 4.78 is 1.12. The van der Waals surface area contributed by atoms with Crippen molar-refractivity contribution >= 4 is 32.5 Å². The topological polar surface area (TPSA) is 28.2 Å². The molecule has 1 aromatic carbocycles.